The van der Waals surface area contributed by atoms with E-state index in [-0.39, 0.29) is 0 Å². The Labute approximate surface area is 143 Å². The highest BCUT2D eigenvalue weighted by Gasteiger charge is 2.40. The molecule has 0 radical (unpaired) electrons. The van der Waals surface area contributed by atoms with E-state index in [0.717, 1.165) is 16.7 Å². The normalized spacial score (nSPS) is 17.9. The lowest BCUT2D eigenvalue weighted by atomic mass is 10.0. The second-order valence-corrected chi connectivity index (χ2v) is 5.49. The standard InChI is InChI=1S/C18H14FN3O3/c1-11-4-2-3-5-15(11)22-17(24)14(16(23)21-18(22)25)10-20-13-8-6-12(19)7-9-13/h2-10,14H,1H3,(H,21,23,25)/t14-/m1/s1. The highest BCUT2D eigenvalue weighted by molar-refractivity contribution is 6.32. The topological polar surface area (TPSA) is 78.8 Å². The monoisotopic (exact) mass is 339 g/mol. The fourth-order valence-corrected chi connectivity index (χ4v) is 2.45. The molecular formula is C18H14FN3O3. The van der Waals surface area contributed by atoms with Crippen molar-refractivity contribution < 1.29 is 18.8 Å². The average Bonchev–Trinajstić information content (AvgIpc) is 2.57. The summed E-state index contributed by atoms with van der Waals surface area (Å²) in [4.78, 5) is 41.8. The van der Waals surface area contributed by atoms with Gasteiger partial charge in [-0.3, -0.25) is 19.9 Å². The molecule has 1 atom stereocenters. The Bertz CT molecular complexity index is 877. The second kappa shape index (κ2) is 6.64. The molecule has 1 saturated heterocycles. The number of aliphatic imine (C=N–C) groups is 1. The number of hydrogen-bond donors (Lipinski definition) is 1. The van der Waals surface area contributed by atoms with Crippen molar-refractivity contribution in [2.24, 2.45) is 10.9 Å². The second-order valence-electron chi connectivity index (χ2n) is 5.49. The van der Waals surface area contributed by atoms with Crippen LogP contribution in [-0.2, 0) is 9.59 Å². The fourth-order valence-electron chi connectivity index (χ4n) is 2.45. The van der Waals surface area contributed by atoms with Crippen LogP contribution in [0.4, 0.5) is 20.6 Å². The summed E-state index contributed by atoms with van der Waals surface area (Å²) in [5.41, 5.74) is 1.51. The molecule has 0 aliphatic carbocycles. The average molecular weight is 339 g/mol. The van der Waals surface area contributed by atoms with E-state index in [1.165, 1.54) is 24.3 Å². The number of nitrogens with zero attached hydrogens (tertiary/aromatic N) is 2. The Kier molecular flexibility index (Phi) is 4.38. The molecule has 0 spiro atoms. The summed E-state index contributed by atoms with van der Waals surface area (Å²) in [5, 5.41) is 2.16. The van der Waals surface area contributed by atoms with E-state index in [9.17, 15) is 18.8 Å². The van der Waals surface area contributed by atoms with Gasteiger partial charge in [0, 0.05) is 6.21 Å². The molecule has 7 heteroatoms. The van der Waals surface area contributed by atoms with Crippen molar-refractivity contribution in [2.75, 3.05) is 4.90 Å². The molecule has 1 heterocycles. The number of benzene rings is 2. The van der Waals surface area contributed by atoms with Crippen molar-refractivity contribution in [2.45, 2.75) is 6.92 Å². The number of halogens is 1. The van der Waals surface area contributed by atoms with Gasteiger partial charge < -0.3 is 0 Å². The minimum absolute atomic E-state index is 0.390. The van der Waals surface area contributed by atoms with Gasteiger partial charge in [0.15, 0.2) is 5.92 Å². The van der Waals surface area contributed by atoms with Crippen LogP contribution in [0.1, 0.15) is 5.56 Å². The molecule has 2 aromatic rings. The lowest BCUT2D eigenvalue weighted by Crippen LogP contribution is -2.58. The number of para-hydroxylation sites is 1. The molecule has 1 N–H and O–H groups in total. The number of carbonyl (C=O) groups excluding carboxylic acids is 3. The van der Waals surface area contributed by atoms with Crippen LogP contribution in [0.5, 0.6) is 0 Å². The van der Waals surface area contributed by atoms with Crippen LogP contribution in [0.15, 0.2) is 53.5 Å². The van der Waals surface area contributed by atoms with Crippen LogP contribution in [0.2, 0.25) is 0 Å². The molecule has 4 amide bonds. The van der Waals surface area contributed by atoms with E-state index in [0.29, 0.717) is 11.4 Å². The van der Waals surface area contributed by atoms with Gasteiger partial charge in [0.1, 0.15) is 5.82 Å². The van der Waals surface area contributed by atoms with E-state index < -0.39 is 29.6 Å². The molecule has 2 aromatic carbocycles. The van der Waals surface area contributed by atoms with Gasteiger partial charge in [0.2, 0.25) is 5.91 Å². The summed E-state index contributed by atoms with van der Waals surface area (Å²) >= 11 is 0. The summed E-state index contributed by atoms with van der Waals surface area (Å²) in [5.74, 6) is -3.09. The summed E-state index contributed by atoms with van der Waals surface area (Å²) in [6, 6.07) is 11.3. The molecule has 1 aliphatic rings. The van der Waals surface area contributed by atoms with E-state index in [4.69, 9.17) is 0 Å². The minimum atomic E-state index is -1.25. The van der Waals surface area contributed by atoms with Crippen LogP contribution < -0.4 is 10.2 Å². The molecule has 0 saturated carbocycles. The number of anilines is 1. The van der Waals surface area contributed by atoms with Gasteiger partial charge in [0.25, 0.3) is 5.91 Å². The highest BCUT2D eigenvalue weighted by Crippen LogP contribution is 2.24. The van der Waals surface area contributed by atoms with E-state index in [2.05, 4.69) is 10.3 Å². The summed E-state index contributed by atoms with van der Waals surface area (Å²) < 4.78 is 12.9. The first-order chi connectivity index (χ1) is 12.0. The molecule has 1 aliphatic heterocycles. The largest absolute Gasteiger partial charge is 0.335 e. The SMILES string of the molecule is Cc1ccccc1N1C(=O)NC(=O)[C@@H](C=Nc2ccc(F)cc2)C1=O. The van der Waals surface area contributed by atoms with Crippen molar-refractivity contribution in [1.82, 2.24) is 5.32 Å². The molecule has 6 nitrogen and oxygen atoms in total. The highest BCUT2D eigenvalue weighted by atomic mass is 19.1. The number of imide groups is 2. The number of hydrogen-bond acceptors (Lipinski definition) is 4. The van der Waals surface area contributed by atoms with E-state index in [1.54, 1.807) is 31.2 Å². The number of carbonyl (C=O) groups is 3. The fraction of sp³-hybridized carbons (Fsp3) is 0.111. The van der Waals surface area contributed by atoms with Crippen LogP contribution in [-0.4, -0.2) is 24.1 Å². The lowest BCUT2D eigenvalue weighted by Gasteiger charge is -2.29. The number of barbiturate groups is 1. The third-order valence-corrected chi connectivity index (χ3v) is 3.76. The third kappa shape index (κ3) is 3.30. The predicted octanol–water partition coefficient (Wildman–Crippen LogP) is 2.74. The van der Waals surface area contributed by atoms with Crippen LogP contribution in [0.3, 0.4) is 0 Å². The predicted molar refractivity (Wildman–Crippen MR) is 90.2 cm³/mol. The number of aryl methyl sites for hydroxylation is 1. The Morgan fingerprint density at radius 3 is 2.44 bits per heavy atom. The van der Waals surface area contributed by atoms with Gasteiger partial charge >= 0.3 is 6.03 Å². The van der Waals surface area contributed by atoms with Gasteiger partial charge in [-0.25, -0.2) is 14.1 Å². The maximum atomic E-state index is 12.9. The Hall–Kier alpha value is -3.35. The number of rotatable bonds is 3. The Morgan fingerprint density at radius 1 is 1.08 bits per heavy atom. The molecule has 0 unspecified atom stereocenters. The molecule has 3 rings (SSSR count). The van der Waals surface area contributed by atoms with Crippen molar-refractivity contribution in [3.05, 3.63) is 59.9 Å². The summed E-state index contributed by atoms with van der Waals surface area (Å²) in [6.45, 7) is 1.76. The smallest absolute Gasteiger partial charge is 0.276 e. The van der Waals surface area contributed by atoms with Crippen molar-refractivity contribution in [3.8, 4) is 0 Å². The van der Waals surface area contributed by atoms with Gasteiger partial charge in [-0.2, -0.15) is 0 Å². The number of nitrogens with one attached hydrogen (secondary N) is 1. The van der Waals surface area contributed by atoms with Crippen molar-refractivity contribution >= 4 is 35.4 Å². The van der Waals surface area contributed by atoms with Gasteiger partial charge in [-0.15, -0.1) is 0 Å². The maximum absolute atomic E-state index is 12.9. The lowest BCUT2D eigenvalue weighted by molar-refractivity contribution is -0.131. The van der Waals surface area contributed by atoms with Crippen molar-refractivity contribution in [1.29, 1.82) is 0 Å². The van der Waals surface area contributed by atoms with Crippen LogP contribution >= 0.6 is 0 Å². The van der Waals surface area contributed by atoms with Crippen LogP contribution in [0, 0.1) is 18.7 Å². The number of amides is 4. The minimum Gasteiger partial charge on any atom is -0.276 e. The van der Waals surface area contributed by atoms with E-state index in [1.807, 2.05) is 0 Å². The number of urea groups is 1. The summed E-state index contributed by atoms with van der Waals surface area (Å²) in [6.07, 6.45) is 1.16. The maximum Gasteiger partial charge on any atom is 0.335 e. The molecule has 25 heavy (non-hydrogen) atoms. The molecule has 0 bridgehead atoms. The van der Waals surface area contributed by atoms with Gasteiger partial charge in [-0.05, 0) is 42.8 Å². The molecular weight excluding hydrogens is 325 g/mol. The zero-order chi connectivity index (χ0) is 18.0. The summed E-state index contributed by atoms with van der Waals surface area (Å²) in [7, 11) is 0. The first-order valence-corrected chi connectivity index (χ1v) is 7.51. The van der Waals surface area contributed by atoms with E-state index >= 15 is 0 Å². The first kappa shape index (κ1) is 16.5. The molecule has 126 valence electrons. The Balaban J connectivity index is 1.90. The molecule has 1 fully saturated rings. The third-order valence-electron chi connectivity index (χ3n) is 3.76. The zero-order valence-corrected chi connectivity index (χ0v) is 13.3. The zero-order valence-electron chi connectivity index (χ0n) is 13.3. The molecule has 0 aromatic heterocycles. The van der Waals surface area contributed by atoms with Crippen molar-refractivity contribution in [3.63, 3.8) is 0 Å². The Morgan fingerprint density at radius 2 is 1.76 bits per heavy atom. The van der Waals surface area contributed by atoms with Gasteiger partial charge in [-0.1, -0.05) is 18.2 Å². The quantitative estimate of drug-likeness (QED) is 0.690. The first-order valence-electron chi connectivity index (χ1n) is 7.51. The van der Waals surface area contributed by atoms with Gasteiger partial charge in [0.05, 0.1) is 11.4 Å². The van der Waals surface area contributed by atoms with Crippen LogP contribution in [0.25, 0.3) is 0 Å².